The van der Waals surface area contributed by atoms with Crippen molar-refractivity contribution in [3.05, 3.63) is 60.3 Å². The largest absolute Gasteiger partial charge is 0.256 e. The third kappa shape index (κ3) is 3.24. The molecule has 0 aliphatic carbocycles. The summed E-state index contributed by atoms with van der Waals surface area (Å²) in [5.41, 5.74) is 3.73. The van der Waals surface area contributed by atoms with Crippen molar-refractivity contribution in [1.29, 1.82) is 0 Å². The Morgan fingerprint density at radius 2 is 1.63 bits per heavy atom. The van der Waals surface area contributed by atoms with Gasteiger partial charge in [0.1, 0.15) is 0 Å². The standard InChI is InChI=1S/C24H27NSSi/c1-24(2,3)16-11-13-19(25-15-16)17-12-14-21(27(4,5)6)22-18-9-7-8-10-20(18)26-23(17)22/h7-15H,1-6H3. The van der Waals surface area contributed by atoms with E-state index in [4.69, 9.17) is 4.98 Å². The summed E-state index contributed by atoms with van der Waals surface area (Å²) in [6.45, 7) is 14.0. The van der Waals surface area contributed by atoms with E-state index in [2.05, 4.69) is 88.9 Å². The van der Waals surface area contributed by atoms with Gasteiger partial charge in [-0.25, -0.2) is 0 Å². The molecule has 0 radical (unpaired) electrons. The lowest BCUT2D eigenvalue weighted by atomic mass is 9.88. The molecule has 2 heterocycles. The van der Waals surface area contributed by atoms with Crippen molar-refractivity contribution < 1.29 is 0 Å². The number of fused-ring (bicyclic) bond motifs is 3. The van der Waals surface area contributed by atoms with Crippen LogP contribution in [0.5, 0.6) is 0 Å². The average Bonchev–Trinajstić information content (AvgIpc) is 2.99. The molecule has 2 aromatic heterocycles. The molecule has 2 aromatic carbocycles. The minimum Gasteiger partial charge on any atom is -0.256 e. The first-order chi connectivity index (χ1) is 12.7. The van der Waals surface area contributed by atoms with Gasteiger partial charge in [-0.15, -0.1) is 11.3 Å². The highest BCUT2D eigenvalue weighted by atomic mass is 32.1. The number of thiophene rings is 1. The summed E-state index contributed by atoms with van der Waals surface area (Å²) < 4.78 is 2.75. The molecule has 4 aromatic rings. The molecule has 4 rings (SSSR count). The molecule has 0 aliphatic heterocycles. The lowest BCUT2D eigenvalue weighted by Crippen LogP contribution is -2.37. The zero-order valence-corrected chi connectivity index (χ0v) is 18.9. The minimum atomic E-state index is -1.45. The van der Waals surface area contributed by atoms with Crippen LogP contribution in [-0.4, -0.2) is 13.1 Å². The van der Waals surface area contributed by atoms with E-state index in [-0.39, 0.29) is 5.41 Å². The summed E-state index contributed by atoms with van der Waals surface area (Å²) in [5.74, 6) is 0. The Kier molecular flexibility index (Phi) is 4.28. The van der Waals surface area contributed by atoms with E-state index in [0.29, 0.717) is 0 Å². The number of aromatic nitrogens is 1. The maximum Gasteiger partial charge on any atom is 0.0784 e. The molecule has 3 heteroatoms. The molecule has 1 nitrogen and oxygen atoms in total. The van der Waals surface area contributed by atoms with Gasteiger partial charge in [0.2, 0.25) is 0 Å². The number of benzene rings is 2. The molecule has 0 amide bonds. The van der Waals surface area contributed by atoms with Gasteiger partial charge in [-0.1, -0.05) is 82.0 Å². The van der Waals surface area contributed by atoms with E-state index in [0.717, 1.165) is 5.69 Å². The number of hydrogen-bond acceptors (Lipinski definition) is 2. The molecule has 0 aliphatic rings. The molecular weight excluding hydrogens is 362 g/mol. The molecule has 138 valence electrons. The van der Waals surface area contributed by atoms with Crippen LogP contribution in [0.3, 0.4) is 0 Å². The molecule has 0 spiro atoms. The topological polar surface area (TPSA) is 12.9 Å². The Morgan fingerprint density at radius 3 is 2.26 bits per heavy atom. The fourth-order valence-electron chi connectivity index (χ4n) is 3.65. The second-order valence-electron chi connectivity index (χ2n) is 9.40. The number of hydrogen-bond donors (Lipinski definition) is 0. The van der Waals surface area contributed by atoms with Crippen molar-refractivity contribution in [2.75, 3.05) is 0 Å². The third-order valence-corrected chi connectivity index (χ3v) is 8.48. The van der Waals surface area contributed by atoms with Gasteiger partial charge in [-0.3, -0.25) is 4.98 Å². The van der Waals surface area contributed by atoms with Crippen molar-refractivity contribution >= 4 is 44.8 Å². The molecule has 0 atom stereocenters. The maximum absolute atomic E-state index is 4.85. The van der Waals surface area contributed by atoms with Crippen LogP contribution in [0.4, 0.5) is 0 Å². The van der Waals surface area contributed by atoms with Crippen LogP contribution < -0.4 is 5.19 Å². The van der Waals surface area contributed by atoms with E-state index < -0.39 is 8.07 Å². The van der Waals surface area contributed by atoms with Crippen LogP contribution in [0.15, 0.2) is 54.7 Å². The van der Waals surface area contributed by atoms with Crippen LogP contribution in [-0.2, 0) is 5.41 Å². The van der Waals surface area contributed by atoms with E-state index in [9.17, 15) is 0 Å². The van der Waals surface area contributed by atoms with Crippen LogP contribution >= 0.6 is 11.3 Å². The quantitative estimate of drug-likeness (QED) is 0.338. The van der Waals surface area contributed by atoms with Crippen LogP contribution in [0.1, 0.15) is 26.3 Å². The summed E-state index contributed by atoms with van der Waals surface area (Å²) in [6.07, 6.45) is 2.04. The first kappa shape index (κ1) is 18.4. The normalized spacial score (nSPS) is 12.8. The second kappa shape index (κ2) is 6.28. The fraction of sp³-hybridized carbons (Fsp3) is 0.292. The van der Waals surface area contributed by atoms with E-state index >= 15 is 0 Å². The molecule has 0 N–H and O–H groups in total. The van der Waals surface area contributed by atoms with Crippen molar-refractivity contribution in [2.45, 2.75) is 45.8 Å². The highest BCUT2D eigenvalue weighted by Crippen LogP contribution is 2.39. The Bertz CT molecular complexity index is 1130. The Labute approximate surface area is 167 Å². The minimum absolute atomic E-state index is 0.125. The van der Waals surface area contributed by atoms with Gasteiger partial charge in [-0.2, -0.15) is 0 Å². The van der Waals surface area contributed by atoms with Crippen molar-refractivity contribution in [3.8, 4) is 11.3 Å². The smallest absolute Gasteiger partial charge is 0.0784 e. The third-order valence-electron chi connectivity index (χ3n) is 5.24. The van der Waals surface area contributed by atoms with Crippen molar-refractivity contribution in [2.24, 2.45) is 0 Å². The van der Waals surface area contributed by atoms with Gasteiger partial charge in [0.15, 0.2) is 0 Å². The van der Waals surface area contributed by atoms with Crippen LogP contribution in [0.25, 0.3) is 31.4 Å². The predicted molar refractivity (Wildman–Crippen MR) is 124 cm³/mol. The van der Waals surface area contributed by atoms with Gasteiger partial charge in [0, 0.05) is 31.9 Å². The van der Waals surface area contributed by atoms with Crippen molar-refractivity contribution in [3.63, 3.8) is 0 Å². The SMILES string of the molecule is CC(C)(C)c1ccc(-c2ccc([Si](C)(C)C)c3c2sc2ccccc23)nc1. The first-order valence-corrected chi connectivity index (χ1v) is 13.9. The van der Waals surface area contributed by atoms with Crippen LogP contribution in [0, 0.1) is 0 Å². The highest BCUT2D eigenvalue weighted by Gasteiger charge is 2.23. The summed E-state index contributed by atoms with van der Waals surface area (Å²) in [6, 6.07) is 17.9. The Morgan fingerprint density at radius 1 is 0.889 bits per heavy atom. The first-order valence-electron chi connectivity index (χ1n) is 9.58. The lowest BCUT2D eigenvalue weighted by Gasteiger charge is -2.20. The lowest BCUT2D eigenvalue weighted by molar-refractivity contribution is 0.587. The van der Waals surface area contributed by atoms with E-state index in [1.54, 1.807) is 5.19 Å². The summed E-state index contributed by atoms with van der Waals surface area (Å²) >= 11 is 1.91. The zero-order valence-electron chi connectivity index (χ0n) is 17.1. The second-order valence-corrected chi connectivity index (χ2v) is 15.5. The average molecular weight is 390 g/mol. The maximum atomic E-state index is 4.85. The van der Waals surface area contributed by atoms with Gasteiger partial charge in [0.25, 0.3) is 0 Å². The van der Waals surface area contributed by atoms with Gasteiger partial charge in [-0.05, 0) is 23.1 Å². The molecular formula is C24H27NSSi. The fourth-order valence-corrected chi connectivity index (χ4v) is 6.59. The summed E-state index contributed by atoms with van der Waals surface area (Å²) in [7, 11) is -1.45. The summed E-state index contributed by atoms with van der Waals surface area (Å²) in [4.78, 5) is 4.85. The predicted octanol–water partition coefficient (Wildman–Crippen LogP) is 6.96. The van der Waals surface area contributed by atoms with Gasteiger partial charge in [0.05, 0.1) is 13.8 Å². The molecule has 27 heavy (non-hydrogen) atoms. The zero-order chi connectivity index (χ0) is 19.4. The molecule has 0 saturated heterocycles. The number of pyridine rings is 1. The van der Waals surface area contributed by atoms with Crippen molar-refractivity contribution in [1.82, 2.24) is 4.98 Å². The van der Waals surface area contributed by atoms with Gasteiger partial charge >= 0.3 is 0 Å². The number of rotatable bonds is 2. The van der Waals surface area contributed by atoms with E-state index in [1.165, 1.54) is 31.3 Å². The number of nitrogens with zero attached hydrogens (tertiary/aromatic N) is 1. The Balaban J connectivity index is 2.00. The molecule has 0 bridgehead atoms. The van der Waals surface area contributed by atoms with Gasteiger partial charge < -0.3 is 0 Å². The molecule has 0 saturated carbocycles. The summed E-state index contributed by atoms with van der Waals surface area (Å²) in [5, 5.41) is 4.39. The van der Waals surface area contributed by atoms with E-state index in [1.807, 2.05) is 17.5 Å². The monoisotopic (exact) mass is 389 g/mol. The van der Waals surface area contributed by atoms with Crippen LogP contribution in [0.2, 0.25) is 19.6 Å². The highest BCUT2D eigenvalue weighted by molar-refractivity contribution is 7.26. The Hall–Kier alpha value is -1.97. The molecule has 0 unspecified atom stereocenters. The molecule has 0 fully saturated rings.